The highest BCUT2D eigenvalue weighted by atomic mass is 16.5. The summed E-state index contributed by atoms with van der Waals surface area (Å²) < 4.78 is 5.72. The van der Waals surface area contributed by atoms with E-state index in [-0.39, 0.29) is 0 Å². The molecule has 0 aliphatic carbocycles. The minimum Gasteiger partial charge on any atom is -0.376 e. The van der Waals surface area contributed by atoms with Crippen LogP contribution >= 0.6 is 0 Å². The minimum atomic E-state index is 0.492. The first-order valence-electron chi connectivity index (χ1n) is 9.20. The van der Waals surface area contributed by atoms with E-state index in [4.69, 9.17) is 4.74 Å². The topological polar surface area (TPSA) is 12.5 Å². The normalized spacial score (nSPS) is 20.4. The van der Waals surface area contributed by atoms with Crippen molar-refractivity contribution in [2.45, 2.75) is 90.6 Å². The van der Waals surface area contributed by atoms with Crippen molar-refractivity contribution in [3.63, 3.8) is 0 Å². The number of morpholine rings is 1. The Morgan fingerprint density at radius 3 is 2.05 bits per heavy atom. The predicted molar refractivity (Wildman–Crippen MR) is 88.3 cm³/mol. The zero-order chi connectivity index (χ0) is 14.5. The molecule has 1 saturated heterocycles. The molecule has 0 saturated carbocycles. The third-order valence-electron chi connectivity index (χ3n) is 4.51. The van der Waals surface area contributed by atoms with Crippen LogP contribution in [0.4, 0.5) is 0 Å². The number of hydrogen-bond acceptors (Lipinski definition) is 2. The Bertz CT molecular complexity index is 208. The second-order valence-corrected chi connectivity index (χ2v) is 6.38. The molecule has 0 N–H and O–H groups in total. The predicted octanol–water partition coefficient (Wildman–Crippen LogP) is 5.02. The van der Waals surface area contributed by atoms with Gasteiger partial charge in [-0.1, -0.05) is 71.6 Å². The van der Waals surface area contributed by atoms with Crippen LogP contribution in [0.5, 0.6) is 0 Å². The summed E-state index contributed by atoms with van der Waals surface area (Å²) in [6.07, 6.45) is 16.0. The van der Waals surface area contributed by atoms with Crippen molar-refractivity contribution in [3.8, 4) is 0 Å². The van der Waals surface area contributed by atoms with Crippen molar-refractivity contribution in [2.75, 3.05) is 26.2 Å². The molecule has 0 spiro atoms. The van der Waals surface area contributed by atoms with E-state index >= 15 is 0 Å². The molecular weight excluding hydrogens is 246 g/mol. The van der Waals surface area contributed by atoms with E-state index in [2.05, 4.69) is 18.7 Å². The van der Waals surface area contributed by atoms with Crippen molar-refractivity contribution in [3.05, 3.63) is 0 Å². The summed E-state index contributed by atoms with van der Waals surface area (Å²) >= 11 is 0. The van der Waals surface area contributed by atoms with Gasteiger partial charge < -0.3 is 4.74 Å². The summed E-state index contributed by atoms with van der Waals surface area (Å²) in [7, 11) is 0. The number of unbranched alkanes of at least 4 members (excludes halogenated alkanes) is 9. The smallest absolute Gasteiger partial charge is 0.0700 e. The summed E-state index contributed by atoms with van der Waals surface area (Å²) in [5, 5.41) is 0. The number of ether oxygens (including phenoxy) is 1. The maximum atomic E-state index is 5.72. The van der Waals surface area contributed by atoms with Gasteiger partial charge in [0.25, 0.3) is 0 Å². The maximum Gasteiger partial charge on any atom is 0.0700 e. The van der Waals surface area contributed by atoms with E-state index in [1.54, 1.807) is 0 Å². The molecule has 1 atom stereocenters. The third-order valence-corrected chi connectivity index (χ3v) is 4.51. The van der Waals surface area contributed by atoms with Crippen LogP contribution in [0.25, 0.3) is 0 Å². The SMILES string of the molecule is CCCCCCCCCCCCN1CCOC(CC)C1. The van der Waals surface area contributed by atoms with Gasteiger partial charge >= 0.3 is 0 Å². The Labute approximate surface area is 127 Å². The van der Waals surface area contributed by atoms with Gasteiger partial charge in [0, 0.05) is 13.1 Å². The van der Waals surface area contributed by atoms with Crippen LogP contribution < -0.4 is 0 Å². The van der Waals surface area contributed by atoms with E-state index < -0.39 is 0 Å². The molecule has 2 nitrogen and oxygen atoms in total. The van der Waals surface area contributed by atoms with Crippen molar-refractivity contribution >= 4 is 0 Å². The molecular formula is C18H37NO. The van der Waals surface area contributed by atoms with Crippen LogP contribution in [0.2, 0.25) is 0 Å². The maximum absolute atomic E-state index is 5.72. The highest BCUT2D eigenvalue weighted by Crippen LogP contribution is 2.12. The highest BCUT2D eigenvalue weighted by molar-refractivity contribution is 4.70. The zero-order valence-corrected chi connectivity index (χ0v) is 14.0. The van der Waals surface area contributed by atoms with Gasteiger partial charge in [0.2, 0.25) is 0 Å². The second-order valence-electron chi connectivity index (χ2n) is 6.38. The quantitative estimate of drug-likeness (QED) is 0.466. The molecule has 0 radical (unpaired) electrons. The molecule has 1 heterocycles. The first-order chi connectivity index (χ1) is 9.86. The standard InChI is InChI=1S/C18H37NO/c1-3-5-6-7-8-9-10-11-12-13-14-19-15-16-20-18(4-2)17-19/h18H,3-17H2,1-2H3. The molecule has 2 heteroatoms. The van der Waals surface area contributed by atoms with Crippen molar-refractivity contribution in [1.29, 1.82) is 0 Å². The molecule has 1 fully saturated rings. The number of nitrogens with zero attached hydrogens (tertiary/aromatic N) is 1. The van der Waals surface area contributed by atoms with Gasteiger partial charge in [-0.3, -0.25) is 4.90 Å². The average molecular weight is 284 g/mol. The Kier molecular flexibility index (Phi) is 11.4. The van der Waals surface area contributed by atoms with Crippen LogP contribution in [-0.2, 0) is 4.74 Å². The summed E-state index contributed by atoms with van der Waals surface area (Å²) in [5.74, 6) is 0. The van der Waals surface area contributed by atoms with Crippen molar-refractivity contribution < 1.29 is 4.74 Å². The molecule has 1 unspecified atom stereocenters. The summed E-state index contributed by atoms with van der Waals surface area (Å²) in [5.41, 5.74) is 0. The lowest BCUT2D eigenvalue weighted by Gasteiger charge is -2.32. The molecule has 0 aromatic rings. The summed E-state index contributed by atoms with van der Waals surface area (Å²) in [6.45, 7) is 9.06. The number of rotatable bonds is 12. The largest absolute Gasteiger partial charge is 0.376 e. The molecule has 1 rings (SSSR count). The van der Waals surface area contributed by atoms with Gasteiger partial charge in [0.1, 0.15) is 0 Å². The van der Waals surface area contributed by atoms with Gasteiger partial charge in [0.15, 0.2) is 0 Å². The van der Waals surface area contributed by atoms with Crippen molar-refractivity contribution in [2.24, 2.45) is 0 Å². The van der Waals surface area contributed by atoms with Gasteiger partial charge in [-0.25, -0.2) is 0 Å². The fourth-order valence-electron chi connectivity index (χ4n) is 3.05. The van der Waals surface area contributed by atoms with Gasteiger partial charge in [-0.2, -0.15) is 0 Å². The van der Waals surface area contributed by atoms with Crippen LogP contribution in [-0.4, -0.2) is 37.2 Å². The summed E-state index contributed by atoms with van der Waals surface area (Å²) in [4.78, 5) is 2.60. The van der Waals surface area contributed by atoms with E-state index in [1.165, 1.54) is 70.8 Å². The fourth-order valence-corrected chi connectivity index (χ4v) is 3.05. The van der Waals surface area contributed by atoms with Crippen LogP contribution in [0.1, 0.15) is 84.5 Å². The lowest BCUT2D eigenvalue weighted by molar-refractivity contribution is -0.0299. The van der Waals surface area contributed by atoms with Crippen LogP contribution in [0, 0.1) is 0 Å². The van der Waals surface area contributed by atoms with E-state index in [0.29, 0.717) is 6.10 Å². The molecule has 20 heavy (non-hydrogen) atoms. The van der Waals surface area contributed by atoms with E-state index in [9.17, 15) is 0 Å². The van der Waals surface area contributed by atoms with Crippen LogP contribution in [0.3, 0.4) is 0 Å². The first-order valence-corrected chi connectivity index (χ1v) is 9.20. The molecule has 1 aliphatic rings. The highest BCUT2D eigenvalue weighted by Gasteiger charge is 2.17. The molecule has 0 bridgehead atoms. The van der Waals surface area contributed by atoms with E-state index in [1.807, 2.05) is 0 Å². The lowest BCUT2D eigenvalue weighted by atomic mass is 10.1. The molecule has 1 aliphatic heterocycles. The van der Waals surface area contributed by atoms with Gasteiger partial charge in [-0.15, -0.1) is 0 Å². The zero-order valence-electron chi connectivity index (χ0n) is 14.0. The van der Waals surface area contributed by atoms with E-state index in [0.717, 1.165) is 26.1 Å². The van der Waals surface area contributed by atoms with Gasteiger partial charge in [0.05, 0.1) is 12.7 Å². The monoisotopic (exact) mass is 283 g/mol. The first kappa shape index (κ1) is 18.0. The number of hydrogen-bond donors (Lipinski definition) is 0. The third kappa shape index (κ3) is 8.97. The summed E-state index contributed by atoms with van der Waals surface area (Å²) in [6, 6.07) is 0. The Balaban J connectivity index is 1.82. The molecule has 0 aromatic carbocycles. The van der Waals surface area contributed by atoms with Crippen molar-refractivity contribution in [1.82, 2.24) is 4.90 Å². The second kappa shape index (κ2) is 12.6. The lowest BCUT2D eigenvalue weighted by Crippen LogP contribution is -2.42. The minimum absolute atomic E-state index is 0.492. The molecule has 0 aromatic heterocycles. The van der Waals surface area contributed by atoms with Crippen LogP contribution in [0.15, 0.2) is 0 Å². The molecule has 0 amide bonds. The fraction of sp³-hybridized carbons (Fsp3) is 1.00. The van der Waals surface area contributed by atoms with Gasteiger partial charge in [-0.05, 0) is 19.4 Å². The Morgan fingerprint density at radius 2 is 1.45 bits per heavy atom. The Morgan fingerprint density at radius 1 is 0.850 bits per heavy atom. The molecule has 120 valence electrons. The average Bonchev–Trinajstić information content (AvgIpc) is 2.49. The Hall–Kier alpha value is -0.0800.